The van der Waals surface area contributed by atoms with Crippen molar-refractivity contribution in [2.24, 2.45) is 0 Å². The maximum absolute atomic E-state index is 5.75. The highest BCUT2D eigenvalue weighted by Crippen LogP contribution is 2.19. The summed E-state index contributed by atoms with van der Waals surface area (Å²) in [6.45, 7) is 5.30. The smallest absolute Gasteiger partial charge is 0.134 e. The Morgan fingerprint density at radius 2 is 2.13 bits per heavy atom. The summed E-state index contributed by atoms with van der Waals surface area (Å²) in [4.78, 5) is 0. The molecule has 0 bridgehead atoms. The molecule has 80 valence electrons. The van der Waals surface area contributed by atoms with Crippen LogP contribution in [0.5, 0.6) is 0 Å². The van der Waals surface area contributed by atoms with E-state index in [0.717, 1.165) is 24.3 Å². The normalized spacial score (nSPS) is 13.2. The summed E-state index contributed by atoms with van der Waals surface area (Å²) in [5.74, 6) is 1.06. The first-order valence-electron chi connectivity index (χ1n) is 5.50. The second kappa shape index (κ2) is 4.49. The standard InChI is InChI=1S/C13H17NO/c1-3-14-10(2)8-12-9-11-6-4-5-7-13(11)15-12/h4-7,9-10,14H,3,8H2,1-2H3/t10-/m0/s1. The lowest BCUT2D eigenvalue weighted by atomic mass is 10.2. The third-order valence-electron chi connectivity index (χ3n) is 2.54. The molecule has 1 N–H and O–H groups in total. The number of furan rings is 1. The molecule has 2 aromatic rings. The molecular weight excluding hydrogens is 186 g/mol. The summed E-state index contributed by atoms with van der Waals surface area (Å²) in [5.41, 5.74) is 0.983. The van der Waals surface area contributed by atoms with Gasteiger partial charge in [0, 0.05) is 17.8 Å². The summed E-state index contributed by atoms with van der Waals surface area (Å²) in [5, 5.41) is 4.57. The van der Waals surface area contributed by atoms with Crippen molar-refractivity contribution in [2.45, 2.75) is 26.3 Å². The summed E-state index contributed by atoms with van der Waals surface area (Å²) >= 11 is 0. The van der Waals surface area contributed by atoms with E-state index in [1.807, 2.05) is 18.2 Å². The molecule has 2 nitrogen and oxygen atoms in total. The molecule has 0 radical (unpaired) electrons. The molecule has 1 heterocycles. The Labute approximate surface area is 90.3 Å². The van der Waals surface area contributed by atoms with Crippen LogP contribution in [0.2, 0.25) is 0 Å². The fraction of sp³-hybridized carbons (Fsp3) is 0.385. The predicted molar refractivity (Wildman–Crippen MR) is 63.1 cm³/mol. The first-order valence-corrected chi connectivity index (χ1v) is 5.50. The van der Waals surface area contributed by atoms with E-state index in [2.05, 4.69) is 31.3 Å². The highest BCUT2D eigenvalue weighted by Gasteiger charge is 2.06. The summed E-state index contributed by atoms with van der Waals surface area (Å²) in [7, 11) is 0. The Morgan fingerprint density at radius 1 is 1.33 bits per heavy atom. The van der Waals surface area contributed by atoms with Gasteiger partial charge in [0.05, 0.1) is 0 Å². The van der Waals surface area contributed by atoms with Gasteiger partial charge >= 0.3 is 0 Å². The Hall–Kier alpha value is -1.28. The van der Waals surface area contributed by atoms with Crippen molar-refractivity contribution in [3.05, 3.63) is 36.1 Å². The number of likely N-dealkylation sites (N-methyl/N-ethyl adjacent to an activating group) is 1. The van der Waals surface area contributed by atoms with Crippen molar-refractivity contribution in [3.63, 3.8) is 0 Å². The lowest BCUT2D eigenvalue weighted by Crippen LogP contribution is -2.27. The van der Waals surface area contributed by atoms with Crippen LogP contribution >= 0.6 is 0 Å². The number of rotatable bonds is 4. The van der Waals surface area contributed by atoms with Crippen molar-refractivity contribution in [2.75, 3.05) is 6.54 Å². The summed E-state index contributed by atoms with van der Waals surface area (Å²) < 4.78 is 5.75. The summed E-state index contributed by atoms with van der Waals surface area (Å²) in [6.07, 6.45) is 0.947. The second-order valence-corrected chi connectivity index (χ2v) is 3.91. The van der Waals surface area contributed by atoms with Crippen LogP contribution in [0.1, 0.15) is 19.6 Å². The van der Waals surface area contributed by atoms with Crippen molar-refractivity contribution in [1.82, 2.24) is 5.32 Å². The third-order valence-corrected chi connectivity index (χ3v) is 2.54. The van der Waals surface area contributed by atoms with Gasteiger partial charge in [-0.15, -0.1) is 0 Å². The van der Waals surface area contributed by atoms with Gasteiger partial charge in [-0.05, 0) is 25.6 Å². The number of para-hydroxylation sites is 1. The molecule has 0 fully saturated rings. The molecule has 2 rings (SSSR count). The highest BCUT2D eigenvalue weighted by molar-refractivity contribution is 5.77. The highest BCUT2D eigenvalue weighted by atomic mass is 16.3. The quantitative estimate of drug-likeness (QED) is 0.826. The van der Waals surface area contributed by atoms with Crippen LogP contribution in [-0.2, 0) is 6.42 Å². The minimum Gasteiger partial charge on any atom is -0.461 e. The second-order valence-electron chi connectivity index (χ2n) is 3.91. The van der Waals surface area contributed by atoms with Gasteiger partial charge in [0.25, 0.3) is 0 Å². The van der Waals surface area contributed by atoms with Crippen LogP contribution < -0.4 is 5.32 Å². The SMILES string of the molecule is CCN[C@@H](C)Cc1cc2ccccc2o1. The molecule has 1 atom stereocenters. The van der Waals surface area contributed by atoms with Gasteiger partial charge in [-0.1, -0.05) is 25.1 Å². The van der Waals surface area contributed by atoms with Gasteiger partial charge in [0.1, 0.15) is 11.3 Å². The molecule has 0 aliphatic heterocycles. The molecule has 15 heavy (non-hydrogen) atoms. The number of nitrogens with one attached hydrogen (secondary N) is 1. The molecule has 2 heteroatoms. The zero-order chi connectivity index (χ0) is 10.7. The molecule has 0 spiro atoms. The van der Waals surface area contributed by atoms with E-state index in [0.29, 0.717) is 6.04 Å². The van der Waals surface area contributed by atoms with Crippen LogP contribution in [0.25, 0.3) is 11.0 Å². The minimum atomic E-state index is 0.468. The van der Waals surface area contributed by atoms with Crippen LogP contribution in [-0.4, -0.2) is 12.6 Å². The van der Waals surface area contributed by atoms with E-state index in [9.17, 15) is 0 Å². The van der Waals surface area contributed by atoms with Gasteiger partial charge < -0.3 is 9.73 Å². The zero-order valence-corrected chi connectivity index (χ0v) is 9.29. The molecular formula is C13H17NO. The third kappa shape index (κ3) is 2.39. The Kier molecular flexibility index (Phi) is 3.07. The molecule has 1 aromatic heterocycles. The maximum Gasteiger partial charge on any atom is 0.134 e. The van der Waals surface area contributed by atoms with Gasteiger partial charge in [0.15, 0.2) is 0 Å². The Balaban J connectivity index is 2.15. The van der Waals surface area contributed by atoms with Crippen LogP contribution in [0, 0.1) is 0 Å². The molecule has 0 saturated heterocycles. The van der Waals surface area contributed by atoms with E-state index in [1.165, 1.54) is 5.39 Å². The summed E-state index contributed by atoms with van der Waals surface area (Å²) in [6, 6.07) is 10.7. The number of benzene rings is 1. The van der Waals surface area contributed by atoms with E-state index in [1.54, 1.807) is 0 Å². The van der Waals surface area contributed by atoms with Crippen molar-refractivity contribution in [1.29, 1.82) is 0 Å². The Bertz CT molecular complexity index is 400. The van der Waals surface area contributed by atoms with E-state index in [-0.39, 0.29) is 0 Å². The minimum absolute atomic E-state index is 0.468. The molecule has 0 aliphatic carbocycles. The average molecular weight is 203 g/mol. The maximum atomic E-state index is 5.75. The van der Waals surface area contributed by atoms with Gasteiger partial charge in [-0.3, -0.25) is 0 Å². The van der Waals surface area contributed by atoms with Crippen LogP contribution in [0.15, 0.2) is 34.7 Å². The molecule has 1 aromatic carbocycles. The van der Waals surface area contributed by atoms with Crippen molar-refractivity contribution >= 4 is 11.0 Å². The number of hydrogen-bond donors (Lipinski definition) is 1. The van der Waals surface area contributed by atoms with E-state index < -0.39 is 0 Å². The van der Waals surface area contributed by atoms with Gasteiger partial charge in [0.2, 0.25) is 0 Å². The molecule has 0 saturated carbocycles. The van der Waals surface area contributed by atoms with Crippen molar-refractivity contribution < 1.29 is 4.42 Å². The Morgan fingerprint density at radius 3 is 2.87 bits per heavy atom. The molecule has 0 aliphatic rings. The van der Waals surface area contributed by atoms with Crippen LogP contribution in [0.3, 0.4) is 0 Å². The average Bonchev–Trinajstić information content (AvgIpc) is 2.59. The van der Waals surface area contributed by atoms with E-state index >= 15 is 0 Å². The van der Waals surface area contributed by atoms with E-state index in [4.69, 9.17) is 4.42 Å². The monoisotopic (exact) mass is 203 g/mol. The lowest BCUT2D eigenvalue weighted by Gasteiger charge is -2.09. The van der Waals surface area contributed by atoms with Crippen LogP contribution in [0.4, 0.5) is 0 Å². The fourth-order valence-corrected chi connectivity index (χ4v) is 1.86. The lowest BCUT2D eigenvalue weighted by molar-refractivity contribution is 0.484. The number of fused-ring (bicyclic) bond motifs is 1. The van der Waals surface area contributed by atoms with Gasteiger partial charge in [-0.2, -0.15) is 0 Å². The fourth-order valence-electron chi connectivity index (χ4n) is 1.86. The van der Waals surface area contributed by atoms with Gasteiger partial charge in [-0.25, -0.2) is 0 Å². The largest absolute Gasteiger partial charge is 0.461 e. The first-order chi connectivity index (χ1) is 7.29. The number of hydrogen-bond acceptors (Lipinski definition) is 2. The topological polar surface area (TPSA) is 25.2 Å². The first kappa shape index (κ1) is 10.2. The zero-order valence-electron chi connectivity index (χ0n) is 9.29. The molecule has 0 unspecified atom stereocenters. The predicted octanol–water partition coefficient (Wildman–Crippen LogP) is 2.97. The molecule has 0 amide bonds. The van der Waals surface area contributed by atoms with Crippen molar-refractivity contribution in [3.8, 4) is 0 Å².